The summed E-state index contributed by atoms with van der Waals surface area (Å²) in [5.74, 6) is -0.0950. The third kappa shape index (κ3) is 4.06. The molecule has 134 valence electrons. The van der Waals surface area contributed by atoms with Crippen LogP contribution in [0.25, 0.3) is 10.6 Å². The SMILES string of the molecule is Cc1nc(-c2ccccc2Cl)sc1CNC(=O)c1ccc(N(C)C)cc1. The number of anilines is 1. The number of hydrogen-bond donors (Lipinski definition) is 1. The number of benzene rings is 2. The van der Waals surface area contributed by atoms with Gasteiger partial charge in [-0.05, 0) is 37.3 Å². The lowest BCUT2D eigenvalue weighted by Gasteiger charge is -2.12. The van der Waals surface area contributed by atoms with E-state index in [0.29, 0.717) is 17.1 Å². The summed E-state index contributed by atoms with van der Waals surface area (Å²) in [6.07, 6.45) is 0. The van der Waals surface area contributed by atoms with E-state index in [1.165, 1.54) is 0 Å². The Balaban J connectivity index is 1.70. The van der Waals surface area contributed by atoms with Crippen molar-refractivity contribution in [3.63, 3.8) is 0 Å². The average Bonchev–Trinajstić information content (AvgIpc) is 3.00. The second kappa shape index (κ2) is 7.89. The maximum absolute atomic E-state index is 12.4. The third-order valence-corrected chi connectivity index (χ3v) is 5.57. The van der Waals surface area contributed by atoms with Crippen molar-refractivity contribution in [2.24, 2.45) is 0 Å². The van der Waals surface area contributed by atoms with Gasteiger partial charge in [0.1, 0.15) is 5.01 Å². The molecule has 26 heavy (non-hydrogen) atoms. The van der Waals surface area contributed by atoms with Gasteiger partial charge in [0, 0.05) is 35.8 Å². The molecular formula is C20H20ClN3OS. The van der Waals surface area contributed by atoms with E-state index in [2.05, 4.69) is 10.3 Å². The maximum atomic E-state index is 12.4. The molecule has 0 unspecified atom stereocenters. The van der Waals surface area contributed by atoms with Crippen molar-refractivity contribution in [2.45, 2.75) is 13.5 Å². The molecule has 0 atom stereocenters. The number of aryl methyl sites for hydroxylation is 1. The van der Waals surface area contributed by atoms with Crippen LogP contribution in [-0.4, -0.2) is 25.0 Å². The monoisotopic (exact) mass is 385 g/mol. The molecule has 6 heteroatoms. The standard InChI is InChI=1S/C20H20ClN3OS/c1-13-18(26-20(23-13)16-6-4-5-7-17(16)21)12-22-19(25)14-8-10-15(11-9-14)24(2)3/h4-11H,12H2,1-3H3,(H,22,25). The summed E-state index contributed by atoms with van der Waals surface area (Å²) >= 11 is 7.81. The zero-order valence-electron chi connectivity index (χ0n) is 14.9. The first-order chi connectivity index (χ1) is 12.5. The number of amides is 1. The molecule has 0 saturated heterocycles. The van der Waals surface area contributed by atoms with Crippen LogP contribution in [0.1, 0.15) is 20.9 Å². The third-order valence-electron chi connectivity index (χ3n) is 4.05. The molecule has 0 saturated carbocycles. The van der Waals surface area contributed by atoms with Gasteiger partial charge in [0.15, 0.2) is 0 Å². The lowest BCUT2D eigenvalue weighted by atomic mass is 10.2. The van der Waals surface area contributed by atoms with Gasteiger partial charge >= 0.3 is 0 Å². The Labute approximate surface area is 162 Å². The van der Waals surface area contributed by atoms with Gasteiger partial charge in [-0.1, -0.05) is 29.8 Å². The minimum Gasteiger partial charge on any atom is -0.378 e. The van der Waals surface area contributed by atoms with Crippen LogP contribution in [0.4, 0.5) is 5.69 Å². The van der Waals surface area contributed by atoms with E-state index < -0.39 is 0 Å². The normalized spacial score (nSPS) is 10.6. The highest BCUT2D eigenvalue weighted by atomic mass is 35.5. The predicted molar refractivity (Wildman–Crippen MR) is 109 cm³/mol. The summed E-state index contributed by atoms with van der Waals surface area (Å²) in [4.78, 5) is 20.0. The Hall–Kier alpha value is -2.37. The van der Waals surface area contributed by atoms with Crippen LogP contribution >= 0.6 is 22.9 Å². The number of nitrogens with zero attached hydrogens (tertiary/aromatic N) is 2. The number of carbonyl (C=O) groups is 1. The maximum Gasteiger partial charge on any atom is 0.251 e. The fourth-order valence-electron chi connectivity index (χ4n) is 2.52. The van der Waals surface area contributed by atoms with Gasteiger partial charge in [-0.3, -0.25) is 4.79 Å². The first kappa shape index (κ1) is 18.4. The Morgan fingerprint density at radius 3 is 2.50 bits per heavy atom. The van der Waals surface area contributed by atoms with E-state index in [0.717, 1.165) is 26.8 Å². The van der Waals surface area contributed by atoms with Gasteiger partial charge in [-0.2, -0.15) is 0 Å². The molecule has 0 aliphatic carbocycles. The molecule has 3 rings (SSSR count). The molecule has 1 N–H and O–H groups in total. The molecule has 0 aliphatic rings. The minimum absolute atomic E-state index is 0.0950. The van der Waals surface area contributed by atoms with E-state index in [9.17, 15) is 4.79 Å². The molecule has 0 spiro atoms. The van der Waals surface area contributed by atoms with Crippen molar-refractivity contribution < 1.29 is 4.79 Å². The number of halogens is 1. The number of nitrogens with one attached hydrogen (secondary N) is 1. The van der Waals surface area contributed by atoms with E-state index >= 15 is 0 Å². The Bertz CT molecular complexity index is 919. The van der Waals surface area contributed by atoms with Crippen LogP contribution in [0.3, 0.4) is 0 Å². The summed E-state index contributed by atoms with van der Waals surface area (Å²) in [7, 11) is 3.94. The zero-order chi connectivity index (χ0) is 18.7. The van der Waals surface area contributed by atoms with Crippen LogP contribution in [-0.2, 0) is 6.54 Å². The van der Waals surface area contributed by atoms with Crippen LogP contribution in [0.15, 0.2) is 48.5 Å². The first-order valence-corrected chi connectivity index (χ1v) is 9.42. The van der Waals surface area contributed by atoms with Gasteiger partial charge < -0.3 is 10.2 Å². The van der Waals surface area contributed by atoms with Crippen molar-refractivity contribution in [1.82, 2.24) is 10.3 Å². The number of hydrogen-bond acceptors (Lipinski definition) is 4. The van der Waals surface area contributed by atoms with E-state index in [-0.39, 0.29) is 5.91 Å². The van der Waals surface area contributed by atoms with Crippen molar-refractivity contribution in [3.8, 4) is 10.6 Å². The molecule has 3 aromatic rings. The molecule has 1 amide bonds. The molecule has 0 radical (unpaired) electrons. The van der Waals surface area contributed by atoms with Crippen molar-refractivity contribution in [3.05, 3.63) is 69.7 Å². The molecule has 0 aliphatic heterocycles. The first-order valence-electron chi connectivity index (χ1n) is 8.22. The van der Waals surface area contributed by atoms with Crippen LogP contribution in [0.2, 0.25) is 5.02 Å². The molecule has 1 heterocycles. The topological polar surface area (TPSA) is 45.2 Å². The smallest absolute Gasteiger partial charge is 0.251 e. The van der Waals surface area contributed by atoms with E-state index in [1.807, 2.05) is 74.4 Å². The molecule has 4 nitrogen and oxygen atoms in total. The average molecular weight is 386 g/mol. The van der Waals surface area contributed by atoms with Crippen molar-refractivity contribution >= 4 is 34.5 Å². The Morgan fingerprint density at radius 1 is 1.15 bits per heavy atom. The van der Waals surface area contributed by atoms with Crippen molar-refractivity contribution in [1.29, 1.82) is 0 Å². The summed E-state index contributed by atoms with van der Waals surface area (Å²) in [5.41, 5.74) is 3.53. The number of carbonyl (C=O) groups excluding carboxylic acids is 1. The second-order valence-corrected chi connectivity index (χ2v) is 7.62. The zero-order valence-corrected chi connectivity index (χ0v) is 16.5. The fraction of sp³-hybridized carbons (Fsp3) is 0.200. The number of rotatable bonds is 5. The number of aromatic nitrogens is 1. The highest BCUT2D eigenvalue weighted by Gasteiger charge is 2.13. The lowest BCUT2D eigenvalue weighted by molar-refractivity contribution is 0.0951. The van der Waals surface area contributed by atoms with Crippen LogP contribution < -0.4 is 10.2 Å². The highest BCUT2D eigenvalue weighted by Crippen LogP contribution is 2.32. The summed E-state index contributed by atoms with van der Waals surface area (Å²) in [6.45, 7) is 2.40. The van der Waals surface area contributed by atoms with Gasteiger partial charge in [-0.15, -0.1) is 11.3 Å². The molecule has 0 bridgehead atoms. The molecular weight excluding hydrogens is 366 g/mol. The summed E-state index contributed by atoms with van der Waals surface area (Å²) in [6, 6.07) is 15.2. The molecule has 1 aromatic heterocycles. The lowest BCUT2D eigenvalue weighted by Crippen LogP contribution is -2.22. The highest BCUT2D eigenvalue weighted by molar-refractivity contribution is 7.15. The summed E-state index contributed by atoms with van der Waals surface area (Å²) < 4.78 is 0. The number of thiazole rings is 1. The second-order valence-electron chi connectivity index (χ2n) is 6.13. The van der Waals surface area contributed by atoms with Crippen LogP contribution in [0, 0.1) is 6.92 Å². The largest absolute Gasteiger partial charge is 0.378 e. The fourth-order valence-corrected chi connectivity index (χ4v) is 3.84. The van der Waals surface area contributed by atoms with Gasteiger partial charge in [0.05, 0.1) is 17.3 Å². The van der Waals surface area contributed by atoms with Crippen molar-refractivity contribution in [2.75, 3.05) is 19.0 Å². The predicted octanol–water partition coefficient (Wildman–Crippen LogP) is 4.77. The molecule has 2 aromatic carbocycles. The van der Waals surface area contributed by atoms with E-state index in [1.54, 1.807) is 11.3 Å². The Kier molecular flexibility index (Phi) is 5.59. The van der Waals surface area contributed by atoms with E-state index in [4.69, 9.17) is 11.6 Å². The minimum atomic E-state index is -0.0950. The van der Waals surface area contributed by atoms with Crippen LogP contribution in [0.5, 0.6) is 0 Å². The quantitative estimate of drug-likeness (QED) is 0.688. The van der Waals surface area contributed by atoms with Gasteiger partial charge in [0.25, 0.3) is 5.91 Å². The van der Waals surface area contributed by atoms with Gasteiger partial charge in [-0.25, -0.2) is 4.98 Å². The van der Waals surface area contributed by atoms with Gasteiger partial charge in [0.2, 0.25) is 0 Å². The Morgan fingerprint density at radius 2 is 1.85 bits per heavy atom. The molecule has 0 fully saturated rings. The summed E-state index contributed by atoms with van der Waals surface area (Å²) in [5, 5.41) is 4.52.